The van der Waals surface area contributed by atoms with Gasteiger partial charge in [-0.25, -0.2) is 14.4 Å². The van der Waals surface area contributed by atoms with E-state index in [1.165, 1.54) is 12.1 Å². The summed E-state index contributed by atoms with van der Waals surface area (Å²) in [4.78, 5) is 13.0. The molecule has 0 aliphatic rings. The van der Waals surface area contributed by atoms with Gasteiger partial charge >= 0.3 is 0 Å². The fraction of sp³-hybridized carbons (Fsp3) is 0.0833. The van der Waals surface area contributed by atoms with Gasteiger partial charge in [0.2, 0.25) is 0 Å². The Morgan fingerprint density at radius 2 is 1.79 bits per heavy atom. The van der Waals surface area contributed by atoms with Crippen LogP contribution < -0.4 is 0 Å². The second kappa shape index (κ2) is 7.35. The average molecular weight is 439 g/mol. The Kier molecular flexibility index (Phi) is 4.30. The van der Waals surface area contributed by atoms with Gasteiger partial charge in [-0.15, -0.1) is 0 Å². The van der Waals surface area contributed by atoms with Gasteiger partial charge in [-0.2, -0.15) is 10.2 Å². The number of imidazole rings is 1. The highest BCUT2D eigenvalue weighted by Crippen LogP contribution is 2.32. The Bertz CT molecular complexity index is 1630. The number of benzene rings is 2. The van der Waals surface area contributed by atoms with E-state index in [1.807, 2.05) is 36.5 Å². The molecule has 0 atom stereocenters. The van der Waals surface area contributed by atoms with Gasteiger partial charge in [-0.3, -0.25) is 9.78 Å². The van der Waals surface area contributed by atoms with Crippen molar-refractivity contribution in [1.29, 1.82) is 0 Å². The summed E-state index contributed by atoms with van der Waals surface area (Å²) in [6.45, 7) is -0.177. The molecule has 8 nitrogen and oxygen atoms in total. The first-order chi connectivity index (χ1) is 16.1. The van der Waals surface area contributed by atoms with Crippen LogP contribution in [0.4, 0.5) is 4.39 Å². The van der Waals surface area contributed by atoms with Crippen LogP contribution in [0.15, 0.2) is 60.8 Å². The number of fused-ring (bicyclic) bond motifs is 2. The fourth-order valence-corrected chi connectivity index (χ4v) is 4.09. The van der Waals surface area contributed by atoms with Gasteiger partial charge in [0.15, 0.2) is 11.5 Å². The SMILES string of the molecule is Cn1cc(-c2ccc3[nH]nc(-c4nc5c(-c6ccc(F)cc6)cccc5[nH]4)c3n2)c(CO)n1. The summed E-state index contributed by atoms with van der Waals surface area (Å²) in [5.74, 6) is 0.292. The molecular formula is C24H18FN7O. The first-order valence-electron chi connectivity index (χ1n) is 10.3. The fourth-order valence-electron chi connectivity index (χ4n) is 4.09. The minimum absolute atomic E-state index is 0.177. The topological polar surface area (TPSA) is 108 Å². The Balaban J connectivity index is 1.50. The molecule has 0 amide bonds. The lowest BCUT2D eigenvalue weighted by molar-refractivity contribution is 0.276. The molecule has 3 N–H and O–H groups in total. The molecule has 0 radical (unpaired) electrons. The van der Waals surface area contributed by atoms with Crippen LogP contribution in [0.2, 0.25) is 0 Å². The molecule has 0 aliphatic heterocycles. The van der Waals surface area contributed by atoms with Crippen molar-refractivity contribution in [2.45, 2.75) is 6.61 Å². The van der Waals surface area contributed by atoms with Gasteiger partial charge < -0.3 is 10.1 Å². The van der Waals surface area contributed by atoms with E-state index in [4.69, 9.17) is 9.97 Å². The molecule has 4 heterocycles. The highest BCUT2D eigenvalue weighted by molar-refractivity contribution is 5.96. The van der Waals surface area contributed by atoms with E-state index in [2.05, 4.69) is 20.3 Å². The number of aliphatic hydroxyl groups excluding tert-OH is 1. The molecule has 6 aromatic rings. The van der Waals surface area contributed by atoms with Crippen molar-refractivity contribution in [1.82, 2.24) is 34.9 Å². The van der Waals surface area contributed by atoms with E-state index in [0.717, 1.165) is 33.2 Å². The smallest absolute Gasteiger partial charge is 0.161 e. The summed E-state index contributed by atoms with van der Waals surface area (Å²) in [7, 11) is 1.80. The van der Waals surface area contributed by atoms with Gasteiger partial charge in [-0.05, 0) is 35.9 Å². The largest absolute Gasteiger partial charge is 0.390 e. The molecule has 33 heavy (non-hydrogen) atoms. The number of nitrogens with zero attached hydrogens (tertiary/aromatic N) is 5. The van der Waals surface area contributed by atoms with Crippen molar-refractivity contribution in [3.05, 3.63) is 72.3 Å². The standard InChI is InChI=1S/C24H18FN7O/c1-32-11-16(20(12-33)31-32)17-9-10-19-22(26-17)23(30-29-19)24-27-18-4-2-3-15(21(18)28-24)13-5-7-14(25)8-6-13/h2-11,33H,12H2,1H3,(H,27,28)(H,29,30). The molecule has 6 rings (SSSR count). The zero-order valence-electron chi connectivity index (χ0n) is 17.5. The number of aromatic amines is 2. The minimum atomic E-state index is -0.281. The maximum absolute atomic E-state index is 13.4. The number of para-hydroxylation sites is 1. The zero-order valence-corrected chi connectivity index (χ0v) is 17.5. The second-order valence-corrected chi connectivity index (χ2v) is 7.78. The number of halogens is 1. The second-order valence-electron chi connectivity index (χ2n) is 7.78. The van der Waals surface area contributed by atoms with Crippen molar-refractivity contribution < 1.29 is 9.50 Å². The number of pyridine rings is 1. The van der Waals surface area contributed by atoms with Gasteiger partial charge in [0, 0.05) is 24.4 Å². The Morgan fingerprint density at radius 1 is 0.939 bits per heavy atom. The van der Waals surface area contributed by atoms with E-state index in [-0.39, 0.29) is 12.4 Å². The molecular weight excluding hydrogens is 421 g/mol. The normalized spacial score (nSPS) is 11.6. The number of aliphatic hydroxyl groups is 1. The molecule has 0 saturated heterocycles. The number of rotatable bonds is 4. The van der Waals surface area contributed by atoms with Crippen LogP contribution >= 0.6 is 0 Å². The molecule has 2 aromatic carbocycles. The van der Waals surface area contributed by atoms with Crippen LogP contribution in [0, 0.1) is 5.82 Å². The lowest BCUT2D eigenvalue weighted by Crippen LogP contribution is -1.92. The number of aryl methyl sites for hydroxylation is 1. The molecule has 0 bridgehead atoms. The van der Waals surface area contributed by atoms with E-state index >= 15 is 0 Å². The summed E-state index contributed by atoms with van der Waals surface area (Å²) < 4.78 is 15.1. The maximum Gasteiger partial charge on any atom is 0.161 e. The Morgan fingerprint density at radius 3 is 2.61 bits per heavy atom. The number of hydrogen-bond donors (Lipinski definition) is 3. The average Bonchev–Trinajstić information content (AvgIpc) is 3.54. The quantitative estimate of drug-likeness (QED) is 0.382. The van der Waals surface area contributed by atoms with E-state index in [1.54, 1.807) is 23.9 Å². The van der Waals surface area contributed by atoms with E-state index in [9.17, 15) is 9.50 Å². The molecule has 4 aromatic heterocycles. The van der Waals surface area contributed by atoms with Crippen LogP contribution in [0.25, 0.3) is 56.0 Å². The van der Waals surface area contributed by atoms with Crippen LogP contribution in [-0.2, 0) is 13.7 Å². The highest BCUT2D eigenvalue weighted by Gasteiger charge is 2.18. The van der Waals surface area contributed by atoms with Crippen molar-refractivity contribution in [2.24, 2.45) is 7.05 Å². The molecule has 162 valence electrons. The third-order valence-corrected chi connectivity index (χ3v) is 5.63. The number of hydrogen-bond acceptors (Lipinski definition) is 5. The summed E-state index contributed by atoms with van der Waals surface area (Å²) in [6.07, 6.45) is 1.83. The third kappa shape index (κ3) is 3.17. The van der Waals surface area contributed by atoms with Crippen LogP contribution in [0.1, 0.15) is 5.69 Å². The van der Waals surface area contributed by atoms with E-state index < -0.39 is 0 Å². The summed E-state index contributed by atoms with van der Waals surface area (Å²) in [6, 6.07) is 15.9. The summed E-state index contributed by atoms with van der Waals surface area (Å²) in [5, 5.41) is 21.4. The van der Waals surface area contributed by atoms with Gasteiger partial charge in [0.1, 0.15) is 11.3 Å². The van der Waals surface area contributed by atoms with Crippen LogP contribution in [0.5, 0.6) is 0 Å². The van der Waals surface area contributed by atoms with Crippen LogP contribution in [0.3, 0.4) is 0 Å². The van der Waals surface area contributed by atoms with E-state index in [0.29, 0.717) is 28.4 Å². The molecule has 0 saturated carbocycles. The van der Waals surface area contributed by atoms with Gasteiger partial charge in [0.25, 0.3) is 0 Å². The summed E-state index contributed by atoms with van der Waals surface area (Å²) >= 11 is 0. The lowest BCUT2D eigenvalue weighted by atomic mass is 10.0. The predicted octanol–water partition coefficient (Wildman–Crippen LogP) is 4.20. The molecule has 9 heteroatoms. The molecule has 0 fully saturated rings. The van der Waals surface area contributed by atoms with Crippen LogP contribution in [-0.4, -0.2) is 40.0 Å². The number of nitrogens with one attached hydrogen (secondary N) is 2. The zero-order chi connectivity index (χ0) is 22.5. The van der Waals surface area contributed by atoms with Crippen molar-refractivity contribution in [3.8, 4) is 33.9 Å². The lowest BCUT2D eigenvalue weighted by Gasteiger charge is -2.02. The van der Waals surface area contributed by atoms with Crippen molar-refractivity contribution >= 4 is 22.1 Å². The number of aromatic nitrogens is 7. The molecule has 0 aliphatic carbocycles. The monoisotopic (exact) mass is 439 g/mol. The first-order valence-corrected chi connectivity index (χ1v) is 10.3. The maximum atomic E-state index is 13.4. The van der Waals surface area contributed by atoms with Crippen molar-refractivity contribution in [2.75, 3.05) is 0 Å². The summed E-state index contributed by atoms with van der Waals surface area (Å²) in [5.41, 5.74) is 7.39. The Hall–Kier alpha value is -4.37. The molecule has 0 spiro atoms. The minimum Gasteiger partial charge on any atom is -0.390 e. The van der Waals surface area contributed by atoms with Gasteiger partial charge in [0.05, 0.1) is 34.5 Å². The van der Waals surface area contributed by atoms with Crippen molar-refractivity contribution in [3.63, 3.8) is 0 Å². The number of H-pyrrole nitrogens is 2. The van der Waals surface area contributed by atoms with Gasteiger partial charge in [-0.1, -0.05) is 24.3 Å². The highest BCUT2D eigenvalue weighted by atomic mass is 19.1. The molecule has 0 unspecified atom stereocenters. The first kappa shape index (κ1) is 19.3. The predicted molar refractivity (Wildman–Crippen MR) is 122 cm³/mol. The third-order valence-electron chi connectivity index (χ3n) is 5.63. The Labute approximate surface area is 186 Å².